The first kappa shape index (κ1) is 20.0. The average molecular weight is 425 g/mol. The Labute approximate surface area is 177 Å². The molecule has 1 aromatic heterocycles. The highest BCUT2D eigenvalue weighted by atomic mass is 32.2. The number of nitrogens with zero attached hydrogens (tertiary/aromatic N) is 2. The second-order valence-corrected chi connectivity index (χ2v) is 7.58. The van der Waals surface area contributed by atoms with E-state index in [4.69, 9.17) is 9.47 Å². The molecule has 30 heavy (non-hydrogen) atoms. The van der Waals surface area contributed by atoms with E-state index in [0.717, 1.165) is 28.3 Å². The molecule has 2 heterocycles. The molecule has 1 aliphatic rings. The molecule has 3 aromatic rings. The van der Waals surface area contributed by atoms with Gasteiger partial charge in [0.25, 0.3) is 0 Å². The Morgan fingerprint density at radius 3 is 2.63 bits per heavy atom. The molecule has 0 unspecified atom stereocenters. The largest absolute Gasteiger partial charge is 0.493 e. The molecule has 4 rings (SSSR count). The van der Waals surface area contributed by atoms with Gasteiger partial charge in [0.05, 0.1) is 25.6 Å². The Morgan fingerprint density at radius 2 is 1.90 bits per heavy atom. The van der Waals surface area contributed by atoms with Crippen LogP contribution in [-0.4, -0.2) is 29.9 Å². The van der Waals surface area contributed by atoms with Crippen molar-refractivity contribution in [3.63, 3.8) is 0 Å². The van der Waals surface area contributed by atoms with Crippen molar-refractivity contribution in [2.24, 2.45) is 0 Å². The number of methoxy groups -OCH3 is 2. The second-order valence-electron chi connectivity index (χ2n) is 6.59. The van der Waals surface area contributed by atoms with Crippen LogP contribution in [-0.2, 0) is 16.3 Å². The Kier molecular flexibility index (Phi) is 5.76. The van der Waals surface area contributed by atoms with Gasteiger partial charge in [0, 0.05) is 23.1 Å². The van der Waals surface area contributed by atoms with Crippen LogP contribution in [0.1, 0.15) is 16.8 Å². The number of hydrogen-bond acceptors (Lipinski definition) is 5. The number of aromatic nitrogens is 2. The molecule has 0 saturated heterocycles. The summed E-state index contributed by atoms with van der Waals surface area (Å²) in [6, 6.07) is 11.4. The summed E-state index contributed by atoms with van der Waals surface area (Å²) in [6.45, 7) is 0. The van der Waals surface area contributed by atoms with Gasteiger partial charge in [-0.1, -0.05) is 6.07 Å². The number of carbonyl (C=O) groups is 1. The average Bonchev–Trinajstić information content (AvgIpc) is 3.35. The van der Waals surface area contributed by atoms with Gasteiger partial charge in [0.1, 0.15) is 11.6 Å². The van der Waals surface area contributed by atoms with Gasteiger partial charge >= 0.3 is 0 Å². The number of anilines is 1. The van der Waals surface area contributed by atoms with Crippen molar-refractivity contribution in [2.75, 3.05) is 19.5 Å². The molecule has 154 valence electrons. The number of rotatable bonds is 6. The summed E-state index contributed by atoms with van der Waals surface area (Å²) >= 11 is 1.74. The van der Waals surface area contributed by atoms with E-state index >= 15 is 0 Å². The standard InChI is InChI=1S/C22H20FN3O3S/c1-28-19-9-3-14(11-20(19)29-2)4-10-21(27)24-22-17-12-30-13-18(17)25-26(22)16-7-5-15(23)6-8-16/h3-11H,12-13H2,1-2H3,(H,24,27). The van der Waals surface area contributed by atoms with E-state index in [1.54, 1.807) is 61.0 Å². The first-order chi connectivity index (χ1) is 14.6. The van der Waals surface area contributed by atoms with Gasteiger partial charge < -0.3 is 14.8 Å². The third-order valence-corrected chi connectivity index (χ3v) is 5.67. The Balaban J connectivity index is 1.58. The molecular formula is C22H20FN3O3S. The topological polar surface area (TPSA) is 65.4 Å². The monoisotopic (exact) mass is 425 g/mol. The summed E-state index contributed by atoms with van der Waals surface area (Å²) in [4.78, 5) is 12.6. The molecule has 0 aliphatic carbocycles. The predicted molar refractivity (Wildman–Crippen MR) is 116 cm³/mol. The van der Waals surface area contributed by atoms with E-state index in [-0.39, 0.29) is 11.7 Å². The molecule has 1 amide bonds. The fourth-order valence-corrected chi connectivity index (χ4v) is 4.23. The van der Waals surface area contributed by atoms with E-state index < -0.39 is 0 Å². The number of ether oxygens (including phenoxy) is 2. The van der Waals surface area contributed by atoms with E-state index in [9.17, 15) is 9.18 Å². The van der Waals surface area contributed by atoms with Crippen molar-refractivity contribution in [3.8, 4) is 17.2 Å². The summed E-state index contributed by atoms with van der Waals surface area (Å²) in [6.07, 6.45) is 3.16. The summed E-state index contributed by atoms with van der Waals surface area (Å²) in [5, 5.41) is 7.54. The van der Waals surface area contributed by atoms with Crippen LogP contribution >= 0.6 is 11.8 Å². The van der Waals surface area contributed by atoms with Crippen molar-refractivity contribution in [1.29, 1.82) is 0 Å². The quantitative estimate of drug-likeness (QED) is 0.592. The number of fused-ring (bicyclic) bond motifs is 1. The van der Waals surface area contributed by atoms with E-state index in [1.165, 1.54) is 18.2 Å². The minimum Gasteiger partial charge on any atom is -0.493 e. The molecular weight excluding hydrogens is 405 g/mol. The third kappa shape index (κ3) is 4.04. The zero-order valence-corrected chi connectivity index (χ0v) is 17.3. The molecule has 1 aliphatic heterocycles. The first-order valence-corrected chi connectivity index (χ1v) is 10.4. The van der Waals surface area contributed by atoms with Crippen LogP contribution < -0.4 is 14.8 Å². The van der Waals surface area contributed by atoms with Crippen molar-refractivity contribution < 1.29 is 18.7 Å². The van der Waals surface area contributed by atoms with Crippen LogP contribution in [0.5, 0.6) is 11.5 Å². The fraction of sp³-hybridized carbons (Fsp3) is 0.182. The van der Waals surface area contributed by atoms with Crippen LogP contribution in [0.3, 0.4) is 0 Å². The first-order valence-electron chi connectivity index (χ1n) is 9.24. The molecule has 6 nitrogen and oxygen atoms in total. The highest BCUT2D eigenvalue weighted by Crippen LogP contribution is 2.36. The van der Waals surface area contributed by atoms with Gasteiger partial charge in [-0.2, -0.15) is 16.9 Å². The zero-order valence-electron chi connectivity index (χ0n) is 16.5. The molecule has 0 fully saturated rings. The lowest BCUT2D eigenvalue weighted by atomic mass is 10.2. The van der Waals surface area contributed by atoms with Crippen LogP contribution in [0.4, 0.5) is 10.2 Å². The molecule has 0 bridgehead atoms. The maximum Gasteiger partial charge on any atom is 0.249 e. The molecule has 0 spiro atoms. The fourth-order valence-electron chi connectivity index (χ4n) is 3.20. The maximum atomic E-state index is 13.3. The van der Waals surface area contributed by atoms with Crippen LogP contribution in [0.15, 0.2) is 48.5 Å². The lowest BCUT2D eigenvalue weighted by molar-refractivity contribution is -0.111. The smallest absolute Gasteiger partial charge is 0.249 e. The molecule has 0 atom stereocenters. The number of thioether (sulfide) groups is 1. The highest BCUT2D eigenvalue weighted by molar-refractivity contribution is 7.98. The minimum atomic E-state index is -0.322. The third-order valence-electron chi connectivity index (χ3n) is 4.70. The molecule has 2 aromatic carbocycles. The predicted octanol–water partition coefficient (Wildman–Crippen LogP) is 4.43. The number of nitrogens with one attached hydrogen (secondary N) is 1. The number of amides is 1. The van der Waals surface area contributed by atoms with E-state index in [0.29, 0.717) is 23.0 Å². The number of benzene rings is 2. The van der Waals surface area contributed by atoms with Crippen molar-refractivity contribution in [1.82, 2.24) is 9.78 Å². The zero-order chi connectivity index (χ0) is 21.1. The van der Waals surface area contributed by atoms with Crippen LogP contribution in [0, 0.1) is 5.82 Å². The second kappa shape index (κ2) is 8.62. The summed E-state index contributed by atoms with van der Waals surface area (Å²) < 4.78 is 25.5. The lowest BCUT2D eigenvalue weighted by Crippen LogP contribution is -2.13. The van der Waals surface area contributed by atoms with Crippen molar-refractivity contribution in [3.05, 3.63) is 71.2 Å². The SMILES string of the molecule is COc1ccc(C=CC(=O)Nc2c3c(nn2-c2ccc(F)cc2)CSC3)cc1OC. The molecule has 0 saturated carbocycles. The maximum absolute atomic E-state index is 13.3. The number of hydrogen-bond donors (Lipinski definition) is 1. The summed E-state index contributed by atoms with van der Waals surface area (Å²) in [5.41, 5.74) is 3.42. The Morgan fingerprint density at radius 1 is 1.13 bits per heavy atom. The highest BCUT2D eigenvalue weighted by Gasteiger charge is 2.24. The normalized spacial score (nSPS) is 12.8. The van der Waals surface area contributed by atoms with E-state index in [1.807, 2.05) is 6.07 Å². The number of carbonyl (C=O) groups excluding carboxylic acids is 1. The van der Waals surface area contributed by atoms with Gasteiger partial charge in [-0.3, -0.25) is 4.79 Å². The Hall–Kier alpha value is -3.26. The van der Waals surface area contributed by atoms with E-state index in [2.05, 4.69) is 10.4 Å². The molecule has 0 radical (unpaired) electrons. The molecule has 1 N–H and O–H groups in total. The van der Waals surface area contributed by atoms with Gasteiger partial charge in [0.15, 0.2) is 11.5 Å². The minimum absolute atomic E-state index is 0.284. The lowest BCUT2D eigenvalue weighted by Gasteiger charge is -2.10. The molecule has 8 heteroatoms. The van der Waals surface area contributed by atoms with Crippen molar-refractivity contribution >= 4 is 29.6 Å². The Bertz CT molecular complexity index is 1110. The van der Waals surface area contributed by atoms with Crippen LogP contribution in [0.25, 0.3) is 11.8 Å². The van der Waals surface area contributed by atoms with Gasteiger partial charge in [-0.25, -0.2) is 9.07 Å². The van der Waals surface area contributed by atoms with Gasteiger partial charge in [-0.15, -0.1) is 0 Å². The number of halogens is 1. The van der Waals surface area contributed by atoms with Gasteiger partial charge in [0.2, 0.25) is 5.91 Å². The summed E-state index contributed by atoms with van der Waals surface area (Å²) in [5.74, 6) is 2.77. The van der Waals surface area contributed by atoms with Crippen LogP contribution in [0.2, 0.25) is 0 Å². The summed E-state index contributed by atoms with van der Waals surface area (Å²) in [7, 11) is 3.13. The van der Waals surface area contributed by atoms with Gasteiger partial charge in [-0.05, 0) is 48.0 Å². The van der Waals surface area contributed by atoms with Crippen molar-refractivity contribution in [2.45, 2.75) is 11.5 Å².